The third kappa shape index (κ3) is 5.17. The first-order valence-corrected chi connectivity index (χ1v) is 5.21. The number of hydrogen-bond donors (Lipinski definition) is 3. The highest BCUT2D eigenvalue weighted by Gasteiger charge is 2.15. The molecule has 0 aliphatic carbocycles. The molecule has 0 atom stereocenters. The van der Waals surface area contributed by atoms with E-state index in [2.05, 4.69) is 15.8 Å². The fraction of sp³-hybridized carbons (Fsp3) is 0.455. The van der Waals surface area contributed by atoms with Crippen molar-refractivity contribution in [3.8, 4) is 0 Å². The van der Waals surface area contributed by atoms with E-state index >= 15 is 0 Å². The first kappa shape index (κ1) is 13.2. The highest BCUT2D eigenvalue weighted by molar-refractivity contribution is 5.69. The molecule has 0 fully saturated rings. The van der Waals surface area contributed by atoms with E-state index in [1.165, 1.54) is 6.20 Å². The molecule has 0 aromatic carbocycles. The van der Waals surface area contributed by atoms with E-state index in [0.717, 1.165) is 0 Å². The van der Waals surface area contributed by atoms with Crippen molar-refractivity contribution in [2.24, 2.45) is 0 Å². The number of nitrogens with one attached hydrogen (secondary N) is 2. The molecule has 1 aromatic rings. The molecule has 0 aliphatic rings. The van der Waals surface area contributed by atoms with Crippen LogP contribution in [0, 0.1) is 0 Å². The molecule has 0 radical (unpaired) electrons. The number of hydrazine groups is 1. The Bertz CT molecular complexity index is 371. The van der Waals surface area contributed by atoms with Gasteiger partial charge in [0.15, 0.2) is 0 Å². The zero-order valence-electron chi connectivity index (χ0n) is 10.2. The average molecular weight is 239 g/mol. The number of nitrogens with zero attached hydrogens (tertiary/aromatic N) is 1. The van der Waals surface area contributed by atoms with Gasteiger partial charge in [0.2, 0.25) is 0 Å². The first-order valence-electron chi connectivity index (χ1n) is 5.21. The topological polar surface area (TPSA) is 83.5 Å². The molecule has 0 unspecified atom stereocenters. The molecule has 0 aliphatic heterocycles. The Morgan fingerprint density at radius 2 is 2.18 bits per heavy atom. The molecule has 3 N–H and O–H groups in total. The molecule has 1 heterocycles. The van der Waals surface area contributed by atoms with Gasteiger partial charge < -0.3 is 9.84 Å². The van der Waals surface area contributed by atoms with Gasteiger partial charge in [-0.2, -0.15) is 0 Å². The maximum atomic E-state index is 11.3. The summed E-state index contributed by atoms with van der Waals surface area (Å²) in [7, 11) is 0. The summed E-state index contributed by atoms with van der Waals surface area (Å²) >= 11 is 0. The van der Waals surface area contributed by atoms with Crippen LogP contribution in [0.2, 0.25) is 0 Å². The molecular formula is C11H17N3O3. The lowest BCUT2D eigenvalue weighted by Crippen LogP contribution is -2.36. The first-order chi connectivity index (χ1) is 7.90. The van der Waals surface area contributed by atoms with Crippen LogP contribution in [0.25, 0.3) is 0 Å². The van der Waals surface area contributed by atoms with E-state index in [1.807, 2.05) is 0 Å². The van der Waals surface area contributed by atoms with Crippen molar-refractivity contribution in [1.82, 2.24) is 10.4 Å². The number of aromatic nitrogens is 1. The molecule has 0 bridgehead atoms. The number of pyridine rings is 1. The van der Waals surface area contributed by atoms with E-state index < -0.39 is 11.7 Å². The number of carbonyl (C=O) groups excluding carboxylic acids is 1. The van der Waals surface area contributed by atoms with E-state index in [-0.39, 0.29) is 6.61 Å². The summed E-state index contributed by atoms with van der Waals surface area (Å²) in [5.41, 5.74) is 5.12. The summed E-state index contributed by atoms with van der Waals surface area (Å²) < 4.78 is 5.02. The quantitative estimate of drug-likeness (QED) is 0.695. The van der Waals surface area contributed by atoms with Crippen molar-refractivity contribution in [1.29, 1.82) is 0 Å². The largest absolute Gasteiger partial charge is 0.443 e. The van der Waals surface area contributed by atoms with Crippen LogP contribution in [0.15, 0.2) is 18.3 Å². The number of rotatable bonds is 3. The predicted molar refractivity (Wildman–Crippen MR) is 63.2 cm³/mol. The van der Waals surface area contributed by atoms with Crippen LogP contribution in [0.1, 0.15) is 26.3 Å². The van der Waals surface area contributed by atoms with Crippen LogP contribution >= 0.6 is 0 Å². The molecule has 0 spiro atoms. The average Bonchev–Trinajstić information content (AvgIpc) is 2.25. The van der Waals surface area contributed by atoms with Crippen LogP contribution in [0.5, 0.6) is 0 Å². The molecule has 1 aromatic heterocycles. The Hall–Kier alpha value is -1.82. The maximum Gasteiger partial charge on any atom is 0.426 e. The number of anilines is 1. The number of hydrogen-bond acceptors (Lipinski definition) is 5. The van der Waals surface area contributed by atoms with E-state index in [4.69, 9.17) is 9.84 Å². The minimum atomic E-state index is -0.578. The van der Waals surface area contributed by atoms with Crippen LogP contribution in [-0.4, -0.2) is 21.8 Å². The molecule has 1 amide bonds. The van der Waals surface area contributed by atoms with Crippen molar-refractivity contribution < 1.29 is 14.6 Å². The summed E-state index contributed by atoms with van der Waals surface area (Å²) in [5, 5.41) is 8.82. The molecular weight excluding hydrogens is 222 g/mol. The second-order valence-electron chi connectivity index (χ2n) is 4.46. The fourth-order valence-corrected chi connectivity index (χ4v) is 1.01. The van der Waals surface area contributed by atoms with Gasteiger partial charge in [0, 0.05) is 6.20 Å². The number of carbonyl (C=O) groups is 1. The molecule has 94 valence electrons. The normalized spacial score (nSPS) is 10.8. The summed E-state index contributed by atoms with van der Waals surface area (Å²) in [4.78, 5) is 15.3. The Morgan fingerprint density at radius 1 is 1.47 bits per heavy atom. The van der Waals surface area contributed by atoms with E-state index in [1.54, 1.807) is 32.9 Å². The summed E-state index contributed by atoms with van der Waals surface area (Å²) in [6.07, 6.45) is 0.935. The Balaban J connectivity index is 2.42. The third-order valence-corrected chi connectivity index (χ3v) is 1.70. The van der Waals surface area contributed by atoms with Gasteiger partial charge in [0.05, 0.1) is 6.61 Å². The second-order valence-corrected chi connectivity index (χ2v) is 4.46. The highest BCUT2D eigenvalue weighted by atomic mass is 16.6. The van der Waals surface area contributed by atoms with Gasteiger partial charge in [-0.25, -0.2) is 15.2 Å². The standard InChI is InChI=1S/C11H17N3O3/c1-11(2,3)17-10(16)14-13-9-5-4-8(7-15)6-12-9/h4-6,15H,7H2,1-3H3,(H,12,13)(H,14,16). The van der Waals surface area contributed by atoms with Gasteiger partial charge in [0.25, 0.3) is 0 Å². The summed E-state index contributed by atoms with van der Waals surface area (Å²) in [6.45, 7) is 5.27. The zero-order valence-corrected chi connectivity index (χ0v) is 10.2. The van der Waals surface area contributed by atoms with Crippen molar-refractivity contribution in [2.75, 3.05) is 5.43 Å². The van der Waals surface area contributed by atoms with Crippen molar-refractivity contribution in [3.63, 3.8) is 0 Å². The second kappa shape index (κ2) is 5.49. The van der Waals surface area contributed by atoms with Crippen LogP contribution in [-0.2, 0) is 11.3 Å². The predicted octanol–water partition coefficient (Wildman–Crippen LogP) is 1.43. The fourth-order valence-electron chi connectivity index (χ4n) is 1.01. The summed E-state index contributed by atoms with van der Waals surface area (Å²) in [6, 6.07) is 3.34. The third-order valence-electron chi connectivity index (χ3n) is 1.70. The van der Waals surface area contributed by atoms with Crippen molar-refractivity contribution in [3.05, 3.63) is 23.9 Å². The van der Waals surface area contributed by atoms with Crippen molar-refractivity contribution in [2.45, 2.75) is 33.0 Å². The molecule has 6 heteroatoms. The smallest absolute Gasteiger partial charge is 0.426 e. The monoisotopic (exact) mass is 239 g/mol. The lowest BCUT2D eigenvalue weighted by atomic mass is 10.2. The van der Waals surface area contributed by atoms with Gasteiger partial charge in [-0.3, -0.25) is 5.43 Å². The zero-order chi connectivity index (χ0) is 12.9. The molecule has 1 rings (SSSR count). The number of amides is 1. The van der Waals surface area contributed by atoms with Crippen LogP contribution in [0.3, 0.4) is 0 Å². The molecule has 6 nitrogen and oxygen atoms in total. The maximum absolute atomic E-state index is 11.3. The lowest BCUT2D eigenvalue weighted by Gasteiger charge is -2.19. The Kier molecular flexibility index (Phi) is 4.28. The Labute approximate surface area is 100.0 Å². The van der Waals surface area contributed by atoms with Crippen LogP contribution in [0.4, 0.5) is 10.6 Å². The van der Waals surface area contributed by atoms with Crippen molar-refractivity contribution >= 4 is 11.9 Å². The number of ether oxygens (including phenoxy) is 1. The van der Waals surface area contributed by atoms with Gasteiger partial charge in [-0.15, -0.1) is 0 Å². The Morgan fingerprint density at radius 3 is 2.65 bits per heavy atom. The van der Waals surface area contributed by atoms with Gasteiger partial charge >= 0.3 is 6.09 Å². The van der Waals surface area contributed by atoms with E-state index in [0.29, 0.717) is 11.4 Å². The van der Waals surface area contributed by atoms with Gasteiger partial charge in [-0.1, -0.05) is 6.07 Å². The minimum absolute atomic E-state index is 0.0627. The van der Waals surface area contributed by atoms with E-state index in [9.17, 15) is 4.79 Å². The van der Waals surface area contributed by atoms with Crippen LogP contribution < -0.4 is 10.9 Å². The van der Waals surface area contributed by atoms with Gasteiger partial charge in [0.1, 0.15) is 11.4 Å². The minimum Gasteiger partial charge on any atom is -0.443 e. The molecule has 0 saturated carbocycles. The molecule has 0 saturated heterocycles. The van der Waals surface area contributed by atoms with Gasteiger partial charge in [-0.05, 0) is 32.4 Å². The SMILES string of the molecule is CC(C)(C)OC(=O)NNc1ccc(CO)cn1. The number of aliphatic hydroxyl groups is 1. The number of aliphatic hydroxyl groups excluding tert-OH is 1. The summed E-state index contributed by atoms with van der Waals surface area (Å²) in [5.74, 6) is 0.466. The molecule has 17 heavy (non-hydrogen) atoms. The lowest BCUT2D eigenvalue weighted by molar-refractivity contribution is 0.0541. The highest BCUT2D eigenvalue weighted by Crippen LogP contribution is 2.07.